The Morgan fingerprint density at radius 2 is 1.86 bits per heavy atom. The second kappa shape index (κ2) is 8.17. The Bertz CT molecular complexity index is 595. The minimum absolute atomic E-state index is 0. The summed E-state index contributed by atoms with van der Waals surface area (Å²) in [5.41, 5.74) is 1.44. The van der Waals surface area contributed by atoms with Crippen LogP contribution >= 0.6 is 24.8 Å². The maximum atomic E-state index is 12.4. The highest BCUT2D eigenvalue weighted by molar-refractivity contribution is 6.05. The van der Waals surface area contributed by atoms with Gasteiger partial charge < -0.3 is 10.6 Å². The molecular weight excluding hydrogens is 309 g/mol. The Balaban J connectivity index is 0.00000110. The van der Waals surface area contributed by atoms with Gasteiger partial charge in [-0.15, -0.1) is 24.8 Å². The van der Waals surface area contributed by atoms with Gasteiger partial charge in [0, 0.05) is 17.6 Å². The van der Waals surface area contributed by atoms with Crippen molar-refractivity contribution in [1.82, 2.24) is 15.6 Å². The van der Waals surface area contributed by atoms with Gasteiger partial charge in [-0.1, -0.05) is 18.2 Å². The summed E-state index contributed by atoms with van der Waals surface area (Å²) in [5.74, 6) is -0.0174. The number of para-hydroxylation sites is 1. The molecule has 0 aliphatic carbocycles. The summed E-state index contributed by atoms with van der Waals surface area (Å²) in [6.45, 7) is 1.94. The molecule has 1 aromatic heterocycles. The molecule has 0 atom stereocenters. The van der Waals surface area contributed by atoms with Crippen molar-refractivity contribution in [3.05, 3.63) is 42.1 Å². The fourth-order valence-electron chi connectivity index (χ4n) is 2.52. The first-order chi connectivity index (χ1) is 9.34. The monoisotopic (exact) mass is 327 g/mol. The molecule has 1 aliphatic heterocycles. The second-order valence-electron chi connectivity index (χ2n) is 4.88. The van der Waals surface area contributed by atoms with Crippen molar-refractivity contribution >= 4 is 41.6 Å². The van der Waals surface area contributed by atoms with Crippen LogP contribution in [-0.4, -0.2) is 30.0 Å². The van der Waals surface area contributed by atoms with Crippen molar-refractivity contribution in [2.24, 2.45) is 0 Å². The van der Waals surface area contributed by atoms with Crippen LogP contribution in [0.2, 0.25) is 0 Å². The molecule has 2 aromatic rings. The molecule has 0 bridgehead atoms. The Labute approximate surface area is 136 Å². The molecule has 1 aromatic carbocycles. The third-order valence-corrected chi connectivity index (χ3v) is 3.55. The highest BCUT2D eigenvalue weighted by atomic mass is 35.5. The number of fused-ring (bicyclic) bond motifs is 1. The number of amides is 1. The topological polar surface area (TPSA) is 54.0 Å². The number of hydrogen-bond donors (Lipinski definition) is 2. The molecule has 2 heterocycles. The van der Waals surface area contributed by atoms with Gasteiger partial charge in [-0.05, 0) is 38.1 Å². The molecule has 21 heavy (non-hydrogen) atoms. The minimum Gasteiger partial charge on any atom is -0.349 e. The third kappa shape index (κ3) is 4.06. The van der Waals surface area contributed by atoms with E-state index in [1.54, 1.807) is 6.20 Å². The van der Waals surface area contributed by atoms with Crippen molar-refractivity contribution in [2.45, 2.75) is 18.9 Å². The largest absolute Gasteiger partial charge is 0.349 e. The zero-order valence-corrected chi connectivity index (χ0v) is 13.2. The number of benzene rings is 1. The maximum absolute atomic E-state index is 12.4. The van der Waals surface area contributed by atoms with Crippen molar-refractivity contribution < 1.29 is 4.79 Å². The van der Waals surface area contributed by atoms with Crippen LogP contribution in [0.25, 0.3) is 10.9 Å². The lowest BCUT2D eigenvalue weighted by molar-refractivity contribution is 0.0931. The quantitative estimate of drug-likeness (QED) is 0.891. The van der Waals surface area contributed by atoms with Crippen LogP contribution < -0.4 is 10.6 Å². The Morgan fingerprint density at radius 3 is 2.62 bits per heavy atom. The van der Waals surface area contributed by atoms with E-state index in [-0.39, 0.29) is 36.8 Å². The average Bonchev–Trinajstić information content (AvgIpc) is 2.47. The molecule has 1 fully saturated rings. The fourth-order valence-corrected chi connectivity index (χ4v) is 2.52. The number of carbonyl (C=O) groups excluding carboxylic acids is 1. The average molecular weight is 328 g/mol. The zero-order chi connectivity index (χ0) is 13.1. The Kier molecular flexibility index (Phi) is 6.89. The highest BCUT2D eigenvalue weighted by Crippen LogP contribution is 2.16. The number of pyridine rings is 1. The summed E-state index contributed by atoms with van der Waals surface area (Å²) < 4.78 is 0. The summed E-state index contributed by atoms with van der Waals surface area (Å²) in [4.78, 5) is 16.7. The van der Waals surface area contributed by atoms with E-state index in [2.05, 4.69) is 15.6 Å². The lowest BCUT2D eigenvalue weighted by Crippen LogP contribution is -2.42. The number of carbonyl (C=O) groups is 1. The summed E-state index contributed by atoms with van der Waals surface area (Å²) in [6, 6.07) is 9.85. The molecule has 1 saturated heterocycles. The number of rotatable bonds is 2. The van der Waals surface area contributed by atoms with E-state index in [0.29, 0.717) is 5.56 Å². The number of hydrogen-bond acceptors (Lipinski definition) is 3. The molecular formula is C15H19Cl2N3O. The summed E-state index contributed by atoms with van der Waals surface area (Å²) in [6.07, 6.45) is 3.71. The standard InChI is InChI=1S/C15H17N3O.2ClH/c19-15(18-12-6-9-16-10-7-12)13-5-1-3-11-4-2-8-17-14(11)13;;/h1-5,8,12,16H,6-7,9-10H2,(H,18,19);2*1H. The molecule has 114 valence electrons. The summed E-state index contributed by atoms with van der Waals surface area (Å²) in [5, 5.41) is 7.40. The van der Waals surface area contributed by atoms with E-state index >= 15 is 0 Å². The second-order valence-corrected chi connectivity index (χ2v) is 4.88. The lowest BCUT2D eigenvalue weighted by atomic mass is 10.0. The lowest BCUT2D eigenvalue weighted by Gasteiger charge is -2.23. The molecule has 2 N–H and O–H groups in total. The SMILES string of the molecule is Cl.Cl.O=C(NC1CCNCC1)c1cccc2cccnc12. The van der Waals surface area contributed by atoms with Crippen LogP contribution in [-0.2, 0) is 0 Å². The van der Waals surface area contributed by atoms with Crippen LogP contribution in [0.15, 0.2) is 36.5 Å². The van der Waals surface area contributed by atoms with E-state index < -0.39 is 0 Å². The Morgan fingerprint density at radius 1 is 1.14 bits per heavy atom. The first kappa shape index (κ1) is 17.7. The van der Waals surface area contributed by atoms with E-state index in [4.69, 9.17) is 0 Å². The number of piperidine rings is 1. The Hall–Kier alpha value is -1.36. The normalized spacial score (nSPS) is 14.9. The van der Waals surface area contributed by atoms with E-state index in [0.717, 1.165) is 36.8 Å². The van der Waals surface area contributed by atoms with Gasteiger partial charge in [0.25, 0.3) is 5.91 Å². The fraction of sp³-hybridized carbons (Fsp3) is 0.333. The first-order valence-corrected chi connectivity index (χ1v) is 6.70. The molecule has 0 unspecified atom stereocenters. The van der Waals surface area contributed by atoms with Crippen LogP contribution in [0.4, 0.5) is 0 Å². The maximum Gasteiger partial charge on any atom is 0.253 e. The highest BCUT2D eigenvalue weighted by Gasteiger charge is 2.17. The van der Waals surface area contributed by atoms with Gasteiger partial charge in [-0.3, -0.25) is 9.78 Å². The van der Waals surface area contributed by atoms with Crippen LogP contribution in [0.5, 0.6) is 0 Å². The van der Waals surface area contributed by atoms with Crippen molar-refractivity contribution in [1.29, 1.82) is 0 Å². The van der Waals surface area contributed by atoms with Gasteiger partial charge in [0.05, 0.1) is 11.1 Å². The molecule has 6 heteroatoms. The van der Waals surface area contributed by atoms with Crippen molar-refractivity contribution in [2.75, 3.05) is 13.1 Å². The van der Waals surface area contributed by atoms with E-state index in [1.807, 2.05) is 30.3 Å². The van der Waals surface area contributed by atoms with Crippen molar-refractivity contribution in [3.63, 3.8) is 0 Å². The predicted octanol–water partition coefficient (Wildman–Crippen LogP) is 2.56. The minimum atomic E-state index is -0.0174. The van der Waals surface area contributed by atoms with E-state index in [9.17, 15) is 4.79 Å². The molecule has 0 saturated carbocycles. The van der Waals surface area contributed by atoms with Gasteiger partial charge in [0.15, 0.2) is 0 Å². The number of nitrogens with zero attached hydrogens (tertiary/aromatic N) is 1. The molecule has 4 nitrogen and oxygen atoms in total. The first-order valence-electron chi connectivity index (χ1n) is 6.70. The smallest absolute Gasteiger partial charge is 0.253 e. The predicted molar refractivity (Wildman–Crippen MR) is 89.6 cm³/mol. The number of aromatic nitrogens is 1. The molecule has 1 aliphatic rings. The van der Waals surface area contributed by atoms with E-state index in [1.165, 1.54) is 0 Å². The summed E-state index contributed by atoms with van der Waals surface area (Å²) >= 11 is 0. The molecule has 0 spiro atoms. The zero-order valence-electron chi connectivity index (χ0n) is 11.5. The van der Waals surface area contributed by atoms with Gasteiger partial charge in [-0.2, -0.15) is 0 Å². The van der Waals surface area contributed by atoms with Crippen LogP contribution in [0.1, 0.15) is 23.2 Å². The molecule has 1 amide bonds. The van der Waals surface area contributed by atoms with Crippen LogP contribution in [0, 0.1) is 0 Å². The van der Waals surface area contributed by atoms with Gasteiger partial charge >= 0.3 is 0 Å². The van der Waals surface area contributed by atoms with Crippen LogP contribution in [0.3, 0.4) is 0 Å². The van der Waals surface area contributed by atoms with Gasteiger partial charge in [-0.25, -0.2) is 0 Å². The number of halogens is 2. The third-order valence-electron chi connectivity index (χ3n) is 3.55. The van der Waals surface area contributed by atoms with Gasteiger partial charge in [0.1, 0.15) is 0 Å². The van der Waals surface area contributed by atoms with Gasteiger partial charge in [0.2, 0.25) is 0 Å². The van der Waals surface area contributed by atoms with Crippen molar-refractivity contribution in [3.8, 4) is 0 Å². The number of nitrogens with one attached hydrogen (secondary N) is 2. The molecule has 0 radical (unpaired) electrons. The molecule has 3 rings (SSSR count). The summed E-state index contributed by atoms with van der Waals surface area (Å²) in [7, 11) is 0.